The minimum Gasteiger partial charge on any atom is -0.479 e. The van der Waals surface area contributed by atoms with Gasteiger partial charge in [0.25, 0.3) is 5.91 Å². The van der Waals surface area contributed by atoms with Crippen molar-refractivity contribution in [2.75, 3.05) is 0 Å². The fourth-order valence-electron chi connectivity index (χ4n) is 2.61. The van der Waals surface area contributed by atoms with Gasteiger partial charge in [0.05, 0.1) is 0 Å². The lowest BCUT2D eigenvalue weighted by atomic mass is 9.73. The first-order valence-corrected chi connectivity index (χ1v) is 6.88. The van der Waals surface area contributed by atoms with E-state index in [1.807, 2.05) is 6.92 Å². The summed E-state index contributed by atoms with van der Waals surface area (Å²) in [6, 6.07) is 2.87. The number of carbonyl (C=O) groups excluding carboxylic acids is 1. The average molecular weight is 298 g/mol. The van der Waals surface area contributed by atoms with Crippen LogP contribution in [-0.2, 0) is 4.79 Å². The summed E-state index contributed by atoms with van der Waals surface area (Å²) in [6.45, 7) is 1.85. The lowest BCUT2D eigenvalue weighted by Gasteiger charge is -2.39. The van der Waals surface area contributed by atoms with Crippen molar-refractivity contribution in [2.45, 2.75) is 38.1 Å². The van der Waals surface area contributed by atoms with Crippen molar-refractivity contribution in [3.63, 3.8) is 0 Å². The van der Waals surface area contributed by atoms with Crippen molar-refractivity contribution < 1.29 is 14.7 Å². The first kappa shape index (κ1) is 14.7. The Morgan fingerprint density at radius 1 is 1.40 bits per heavy atom. The topological polar surface area (TPSA) is 92.2 Å². The van der Waals surface area contributed by atoms with Crippen molar-refractivity contribution >= 4 is 23.5 Å². The largest absolute Gasteiger partial charge is 0.479 e. The third-order valence-electron chi connectivity index (χ3n) is 3.88. The summed E-state index contributed by atoms with van der Waals surface area (Å²) in [5.41, 5.74) is -1.16. The van der Waals surface area contributed by atoms with E-state index in [1.165, 1.54) is 12.1 Å². The summed E-state index contributed by atoms with van der Waals surface area (Å²) in [7, 11) is 0. The van der Waals surface area contributed by atoms with E-state index in [0.29, 0.717) is 6.42 Å². The van der Waals surface area contributed by atoms with Gasteiger partial charge in [0.15, 0.2) is 10.8 Å². The van der Waals surface area contributed by atoms with Gasteiger partial charge >= 0.3 is 5.97 Å². The Labute approximate surface area is 121 Å². The number of hydrogen-bond donors (Lipinski definition) is 2. The molecule has 1 fully saturated rings. The van der Waals surface area contributed by atoms with Crippen LogP contribution in [0.25, 0.3) is 0 Å². The molecule has 7 heteroatoms. The van der Waals surface area contributed by atoms with E-state index in [-0.39, 0.29) is 16.8 Å². The summed E-state index contributed by atoms with van der Waals surface area (Å²) in [6.07, 6.45) is 2.96. The Balaban J connectivity index is 2.22. The zero-order chi connectivity index (χ0) is 14.8. The van der Waals surface area contributed by atoms with Crippen LogP contribution in [0, 0.1) is 5.92 Å². The third kappa shape index (κ3) is 2.75. The molecule has 1 saturated carbocycles. The second kappa shape index (κ2) is 5.75. The predicted molar refractivity (Wildman–Crippen MR) is 72.5 cm³/mol. The molecule has 20 heavy (non-hydrogen) atoms. The first-order chi connectivity index (χ1) is 9.45. The molecule has 108 valence electrons. The van der Waals surface area contributed by atoms with E-state index in [9.17, 15) is 14.7 Å². The maximum absolute atomic E-state index is 12.2. The van der Waals surface area contributed by atoms with Gasteiger partial charge in [-0.25, -0.2) is 4.79 Å². The molecule has 2 rings (SSSR count). The summed E-state index contributed by atoms with van der Waals surface area (Å²) < 4.78 is 0. The summed E-state index contributed by atoms with van der Waals surface area (Å²) >= 11 is 5.61. The number of carboxylic acid groups (broad SMARTS) is 1. The van der Waals surface area contributed by atoms with E-state index in [4.69, 9.17) is 11.6 Å². The fourth-order valence-corrected chi connectivity index (χ4v) is 2.71. The predicted octanol–water partition coefficient (Wildman–Crippen LogP) is 1.89. The van der Waals surface area contributed by atoms with Gasteiger partial charge in [0, 0.05) is 0 Å². The van der Waals surface area contributed by atoms with E-state index in [2.05, 4.69) is 15.5 Å². The molecule has 2 N–H and O–H groups in total. The fraction of sp³-hybridized carbons (Fsp3) is 0.538. The molecule has 1 aliphatic rings. The van der Waals surface area contributed by atoms with Crippen LogP contribution in [0.2, 0.25) is 5.15 Å². The minimum atomic E-state index is -1.23. The van der Waals surface area contributed by atoms with Gasteiger partial charge in [-0.15, -0.1) is 10.2 Å². The Bertz CT molecular complexity index is 520. The van der Waals surface area contributed by atoms with Crippen LogP contribution in [0.3, 0.4) is 0 Å². The van der Waals surface area contributed by atoms with Gasteiger partial charge in [-0.05, 0) is 30.9 Å². The molecule has 2 atom stereocenters. The molecule has 6 nitrogen and oxygen atoms in total. The van der Waals surface area contributed by atoms with Crippen molar-refractivity contribution in [1.82, 2.24) is 15.5 Å². The summed E-state index contributed by atoms with van der Waals surface area (Å²) in [5, 5.41) is 19.6. The molecular formula is C13H16ClN3O3. The Kier molecular flexibility index (Phi) is 4.23. The van der Waals surface area contributed by atoms with Gasteiger partial charge in [0.1, 0.15) is 5.54 Å². The lowest BCUT2D eigenvalue weighted by Crippen LogP contribution is -2.60. The maximum Gasteiger partial charge on any atom is 0.329 e. The van der Waals surface area contributed by atoms with E-state index in [0.717, 1.165) is 19.3 Å². The van der Waals surface area contributed by atoms with Gasteiger partial charge in [-0.3, -0.25) is 4.79 Å². The second-order valence-electron chi connectivity index (χ2n) is 5.12. The molecule has 0 saturated heterocycles. The van der Waals surface area contributed by atoms with Gasteiger partial charge < -0.3 is 10.4 Å². The molecule has 0 aromatic carbocycles. The van der Waals surface area contributed by atoms with Crippen LogP contribution >= 0.6 is 11.6 Å². The number of carboxylic acids is 1. The van der Waals surface area contributed by atoms with Gasteiger partial charge in [0.2, 0.25) is 0 Å². The van der Waals surface area contributed by atoms with E-state index < -0.39 is 17.4 Å². The quantitative estimate of drug-likeness (QED) is 0.889. The Morgan fingerprint density at radius 2 is 2.15 bits per heavy atom. The molecule has 1 aromatic heterocycles. The van der Waals surface area contributed by atoms with E-state index in [1.54, 1.807) is 0 Å². The molecule has 0 aliphatic heterocycles. The molecule has 0 radical (unpaired) electrons. The number of nitrogens with one attached hydrogen (secondary N) is 1. The highest BCUT2D eigenvalue weighted by Crippen LogP contribution is 2.34. The average Bonchev–Trinajstić information content (AvgIpc) is 2.42. The van der Waals surface area contributed by atoms with Gasteiger partial charge in [-0.1, -0.05) is 31.4 Å². The van der Waals surface area contributed by atoms with Crippen molar-refractivity contribution in [2.24, 2.45) is 5.92 Å². The van der Waals surface area contributed by atoms with E-state index >= 15 is 0 Å². The molecule has 2 unspecified atom stereocenters. The highest BCUT2D eigenvalue weighted by atomic mass is 35.5. The highest BCUT2D eigenvalue weighted by molar-refractivity contribution is 6.29. The van der Waals surface area contributed by atoms with Crippen LogP contribution < -0.4 is 5.32 Å². The van der Waals surface area contributed by atoms with Crippen molar-refractivity contribution in [3.8, 4) is 0 Å². The second-order valence-corrected chi connectivity index (χ2v) is 5.51. The standard InChI is InChI=1S/C13H16ClN3O3/c1-8-4-2-3-7-13(8,12(19)20)15-11(18)9-5-6-10(14)17-16-9/h5-6,8H,2-4,7H2,1H3,(H,15,18)(H,19,20). The molecule has 1 aromatic rings. The molecule has 0 bridgehead atoms. The summed E-state index contributed by atoms with van der Waals surface area (Å²) in [4.78, 5) is 23.8. The zero-order valence-electron chi connectivity index (χ0n) is 11.1. The lowest BCUT2D eigenvalue weighted by molar-refractivity contribution is -0.148. The number of nitrogens with zero attached hydrogens (tertiary/aromatic N) is 2. The smallest absolute Gasteiger partial charge is 0.329 e. The number of amides is 1. The Morgan fingerprint density at radius 3 is 2.70 bits per heavy atom. The molecular weight excluding hydrogens is 282 g/mol. The van der Waals surface area contributed by atoms with Gasteiger partial charge in [-0.2, -0.15) is 0 Å². The molecule has 1 aliphatic carbocycles. The van der Waals surface area contributed by atoms with Crippen molar-refractivity contribution in [1.29, 1.82) is 0 Å². The first-order valence-electron chi connectivity index (χ1n) is 6.51. The number of rotatable bonds is 3. The highest BCUT2D eigenvalue weighted by Gasteiger charge is 2.46. The monoisotopic (exact) mass is 297 g/mol. The third-order valence-corrected chi connectivity index (χ3v) is 4.08. The normalized spacial score (nSPS) is 26.0. The number of aromatic nitrogens is 2. The zero-order valence-corrected chi connectivity index (χ0v) is 11.9. The van der Waals surface area contributed by atoms with Crippen LogP contribution in [-0.4, -0.2) is 32.7 Å². The maximum atomic E-state index is 12.2. The molecule has 0 spiro atoms. The molecule has 1 amide bonds. The number of aliphatic carboxylic acids is 1. The molecule has 1 heterocycles. The SMILES string of the molecule is CC1CCCCC1(NC(=O)c1ccc(Cl)nn1)C(=O)O. The number of halogens is 1. The number of carbonyl (C=O) groups is 2. The van der Waals surface area contributed by atoms with Crippen LogP contribution in [0.1, 0.15) is 43.1 Å². The van der Waals surface area contributed by atoms with Crippen LogP contribution in [0.15, 0.2) is 12.1 Å². The van der Waals surface area contributed by atoms with Crippen LogP contribution in [0.4, 0.5) is 0 Å². The van der Waals surface area contributed by atoms with Crippen LogP contribution in [0.5, 0.6) is 0 Å². The number of hydrogen-bond acceptors (Lipinski definition) is 4. The van der Waals surface area contributed by atoms with Crippen molar-refractivity contribution in [3.05, 3.63) is 23.0 Å². The Hall–Kier alpha value is -1.69. The summed E-state index contributed by atoms with van der Waals surface area (Å²) in [5.74, 6) is -1.66. The minimum absolute atomic E-state index is 0.0628.